The van der Waals surface area contributed by atoms with Gasteiger partial charge in [-0.3, -0.25) is 9.78 Å². The molecular weight excluding hydrogens is 236 g/mol. The molecule has 1 unspecified atom stereocenters. The Morgan fingerprint density at radius 2 is 2.21 bits per heavy atom. The molecule has 3 rings (SSSR count). The number of rotatable bonds is 3. The summed E-state index contributed by atoms with van der Waals surface area (Å²) in [4.78, 5) is 16.8. The second-order valence-corrected chi connectivity index (χ2v) is 5.22. The summed E-state index contributed by atoms with van der Waals surface area (Å²) in [6.45, 7) is 2.05. The van der Waals surface area contributed by atoms with Crippen molar-refractivity contribution in [3.63, 3.8) is 0 Å². The molecule has 1 aliphatic rings. The Balaban J connectivity index is 1.85. The van der Waals surface area contributed by atoms with E-state index in [1.54, 1.807) is 6.20 Å². The van der Waals surface area contributed by atoms with Gasteiger partial charge in [-0.25, -0.2) is 0 Å². The van der Waals surface area contributed by atoms with Crippen LogP contribution in [0.1, 0.15) is 29.6 Å². The first kappa shape index (κ1) is 12.3. The van der Waals surface area contributed by atoms with Gasteiger partial charge in [-0.2, -0.15) is 0 Å². The lowest BCUT2D eigenvalue weighted by molar-refractivity contribution is 0.0955. The number of carbonyl (C=O) groups excluding carboxylic acids is 1. The summed E-state index contributed by atoms with van der Waals surface area (Å²) in [7, 11) is 0. The molecule has 0 aliphatic carbocycles. The number of ketones is 1. The molecule has 0 bridgehead atoms. The number of carbonyl (C=O) groups is 1. The predicted molar refractivity (Wildman–Crippen MR) is 76.3 cm³/mol. The zero-order valence-electron chi connectivity index (χ0n) is 10.9. The molecule has 1 aromatic heterocycles. The highest BCUT2D eigenvalue weighted by atomic mass is 16.1. The first-order chi connectivity index (χ1) is 9.34. The van der Waals surface area contributed by atoms with Crippen molar-refractivity contribution < 1.29 is 4.79 Å². The Morgan fingerprint density at radius 1 is 1.32 bits per heavy atom. The van der Waals surface area contributed by atoms with Crippen LogP contribution in [0.25, 0.3) is 10.9 Å². The van der Waals surface area contributed by atoms with Crippen molar-refractivity contribution in [1.29, 1.82) is 0 Å². The van der Waals surface area contributed by atoms with Gasteiger partial charge in [0.1, 0.15) is 0 Å². The molecule has 2 aromatic rings. The van der Waals surface area contributed by atoms with Crippen molar-refractivity contribution >= 4 is 16.7 Å². The van der Waals surface area contributed by atoms with Gasteiger partial charge in [0.25, 0.3) is 0 Å². The molecule has 1 fully saturated rings. The molecule has 0 amide bonds. The van der Waals surface area contributed by atoms with Crippen LogP contribution in [-0.2, 0) is 0 Å². The summed E-state index contributed by atoms with van der Waals surface area (Å²) in [6, 6.07) is 9.74. The van der Waals surface area contributed by atoms with Gasteiger partial charge in [0.05, 0.1) is 5.52 Å². The molecule has 1 aliphatic heterocycles. The largest absolute Gasteiger partial charge is 0.316 e. The maximum absolute atomic E-state index is 12.5. The summed E-state index contributed by atoms with van der Waals surface area (Å²) in [6.07, 6.45) is 4.70. The molecule has 98 valence electrons. The van der Waals surface area contributed by atoms with E-state index in [9.17, 15) is 4.79 Å². The Hall–Kier alpha value is -1.74. The van der Waals surface area contributed by atoms with Gasteiger partial charge in [-0.15, -0.1) is 0 Å². The number of piperidine rings is 1. The number of nitrogens with zero attached hydrogens (tertiary/aromatic N) is 1. The Morgan fingerprint density at radius 3 is 3.05 bits per heavy atom. The van der Waals surface area contributed by atoms with Crippen LogP contribution < -0.4 is 5.32 Å². The van der Waals surface area contributed by atoms with E-state index in [4.69, 9.17) is 0 Å². The van der Waals surface area contributed by atoms with Crippen molar-refractivity contribution in [1.82, 2.24) is 10.3 Å². The van der Waals surface area contributed by atoms with Crippen molar-refractivity contribution in [2.24, 2.45) is 5.92 Å². The van der Waals surface area contributed by atoms with Gasteiger partial charge < -0.3 is 5.32 Å². The third kappa shape index (κ3) is 2.66. The summed E-state index contributed by atoms with van der Waals surface area (Å²) in [5.74, 6) is 0.693. The molecule has 1 N–H and O–H groups in total. The summed E-state index contributed by atoms with van der Waals surface area (Å²) >= 11 is 0. The van der Waals surface area contributed by atoms with Gasteiger partial charge in [-0.1, -0.05) is 18.2 Å². The molecule has 0 spiro atoms. The number of aromatic nitrogens is 1. The molecule has 1 saturated heterocycles. The van der Waals surface area contributed by atoms with E-state index in [-0.39, 0.29) is 5.78 Å². The zero-order chi connectivity index (χ0) is 13.1. The lowest BCUT2D eigenvalue weighted by Crippen LogP contribution is -2.31. The Labute approximate surface area is 113 Å². The second kappa shape index (κ2) is 5.49. The summed E-state index contributed by atoms with van der Waals surface area (Å²) < 4.78 is 0. The zero-order valence-corrected chi connectivity index (χ0v) is 10.9. The second-order valence-electron chi connectivity index (χ2n) is 5.22. The van der Waals surface area contributed by atoms with Crippen LogP contribution in [0.15, 0.2) is 36.5 Å². The number of hydrogen-bond acceptors (Lipinski definition) is 3. The van der Waals surface area contributed by atoms with E-state index in [0.29, 0.717) is 12.3 Å². The number of pyridine rings is 1. The van der Waals surface area contributed by atoms with E-state index in [1.807, 2.05) is 30.3 Å². The standard InChI is InChI=1S/C16H18N2O/c19-15(10-12-4-2-8-17-11-12)14-7-1-5-13-6-3-9-18-16(13)14/h1,3,5-7,9,12,17H,2,4,8,10-11H2. The Kier molecular flexibility index (Phi) is 3.56. The van der Waals surface area contributed by atoms with Crippen molar-refractivity contribution in [3.8, 4) is 0 Å². The SMILES string of the molecule is O=C(CC1CCCNC1)c1cccc2cccnc12. The number of nitrogens with one attached hydrogen (secondary N) is 1. The molecule has 1 aromatic carbocycles. The molecule has 3 heteroatoms. The number of para-hydroxylation sites is 1. The molecule has 1 atom stereocenters. The van der Waals surface area contributed by atoms with Gasteiger partial charge in [0.15, 0.2) is 5.78 Å². The lowest BCUT2D eigenvalue weighted by atomic mass is 9.91. The Bertz CT molecular complexity index is 583. The molecule has 3 nitrogen and oxygen atoms in total. The number of benzene rings is 1. The van der Waals surface area contributed by atoms with Crippen LogP contribution in [0.4, 0.5) is 0 Å². The monoisotopic (exact) mass is 254 g/mol. The molecule has 0 radical (unpaired) electrons. The lowest BCUT2D eigenvalue weighted by Gasteiger charge is -2.22. The maximum Gasteiger partial charge on any atom is 0.165 e. The van der Waals surface area contributed by atoms with Gasteiger partial charge in [0, 0.05) is 23.6 Å². The minimum atomic E-state index is 0.220. The van der Waals surface area contributed by atoms with Crippen LogP contribution in [-0.4, -0.2) is 23.9 Å². The van der Waals surface area contributed by atoms with E-state index >= 15 is 0 Å². The van der Waals surface area contributed by atoms with Gasteiger partial charge >= 0.3 is 0 Å². The smallest absolute Gasteiger partial charge is 0.165 e. The number of fused-ring (bicyclic) bond motifs is 1. The van der Waals surface area contributed by atoms with E-state index in [1.165, 1.54) is 6.42 Å². The molecular formula is C16H18N2O. The fourth-order valence-corrected chi connectivity index (χ4v) is 2.80. The minimum Gasteiger partial charge on any atom is -0.316 e. The fraction of sp³-hybridized carbons (Fsp3) is 0.375. The van der Waals surface area contributed by atoms with E-state index < -0.39 is 0 Å². The third-order valence-electron chi connectivity index (χ3n) is 3.81. The van der Waals surface area contributed by atoms with Crippen molar-refractivity contribution in [2.75, 3.05) is 13.1 Å². The maximum atomic E-state index is 12.5. The van der Waals surface area contributed by atoms with Crippen LogP contribution in [0.5, 0.6) is 0 Å². The first-order valence-electron chi connectivity index (χ1n) is 6.92. The van der Waals surface area contributed by atoms with Crippen LogP contribution in [0.2, 0.25) is 0 Å². The van der Waals surface area contributed by atoms with Gasteiger partial charge in [0.2, 0.25) is 0 Å². The number of hydrogen-bond donors (Lipinski definition) is 1. The summed E-state index contributed by atoms with van der Waals surface area (Å²) in [5.41, 5.74) is 1.60. The average Bonchev–Trinajstić information content (AvgIpc) is 2.47. The average molecular weight is 254 g/mol. The normalized spacial score (nSPS) is 19.5. The van der Waals surface area contributed by atoms with Crippen LogP contribution >= 0.6 is 0 Å². The quantitative estimate of drug-likeness (QED) is 0.856. The molecule has 2 heterocycles. The highest BCUT2D eigenvalue weighted by Crippen LogP contribution is 2.21. The molecule has 0 saturated carbocycles. The van der Waals surface area contributed by atoms with Crippen LogP contribution in [0.3, 0.4) is 0 Å². The predicted octanol–water partition coefficient (Wildman–Crippen LogP) is 2.81. The van der Waals surface area contributed by atoms with E-state index in [2.05, 4.69) is 10.3 Å². The topological polar surface area (TPSA) is 42.0 Å². The molecule has 19 heavy (non-hydrogen) atoms. The highest BCUT2D eigenvalue weighted by Gasteiger charge is 2.19. The van der Waals surface area contributed by atoms with Crippen molar-refractivity contribution in [3.05, 3.63) is 42.1 Å². The number of Topliss-reactive ketones (excluding diaryl/α,β-unsaturated/α-hetero) is 1. The van der Waals surface area contributed by atoms with E-state index in [0.717, 1.165) is 36.0 Å². The van der Waals surface area contributed by atoms with Gasteiger partial charge in [-0.05, 0) is 44.0 Å². The highest BCUT2D eigenvalue weighted by molar-refractivity contribution is 6.06. The first-order valence-corrected chi connectivity index (χ1v) is 6.92. The third-order valence-corrected chi connectivity index (χ3v) is 3.81. The van der Waals surface area contributed by atoms with Crippen molar-refractivity contribution in [2.45, 2.75) is 19.3 Å². The summed E-state index contributed by atoms with van der Waals surface area (Å²) in [5, 5.41) is 4.40. The minimum absolute atomic E-state index is 0.220. The van der Waals surface area contributed by atoms with Crippen LogP contribution in [0, 0.1) is 5.92 Å². The fourth-order valence-electron chi connectivity index (χ4n) is 2.80.